The van der Waals surface area contributed by atoms with Crippen molar-refractivity contribution in [2.75, 3.05) is 26.4 Å². The van der Waals surface area contributed by atoms with Crippen LogP contribution in [0.5, 0.6) is 0 Å². The van der Waals surface area contributed by atoms with Crippen LogP contribution in [0.25, 0.3) is 0 Å². The van der Waals surface area contributed by atoms with Crippen molar-refractivity contribution in [1.29, 1.82) is 0 Å². The van der Waals surface area contributed by atoms with Crippen LogP contribution < -0.4 is 5.32 Å². The average molecular weight is 277 g/mol. The summed E-state index contributed by atoms with van der Waals surface area (Å²) in [5.41, 5.74) is 2.69. The van der Waals surface area contributed by atoms with Gasteiger partial charge in [0.05, 0.1) is 25.9 Å². The summed E-state index contributed by atoms with van der Waals surface area (Å²) in [4.78, 5) is 0. The fourth-order valence-corrected chi connectivity index (χ4v) is 2.25. The van der Waals surface area contributed by atoms with Crippen LogP contribution in [-0.2, 0) is 9.47 Å². The van der Waals surface area contributed by atoms with Gasteiger partial charge < -0.3 is 14.8 Å². The lowest BCUT2D eigenvalue weighted by Gasteiger charge is -2.29. The van der Waals surface area contributed by atoms with Crippen LogP contribution in [0.2, 0.25) is 0 Å². The van der Waals surface area contributed by atoms with Crippen molar-refractivity contribution >= 4 is 0 Å². The lowest BCUT2D eigenvalue weighted by molar-refractivity contribution is -0.133. The van der Waals surface area contributed by atoms with Crippen molar-refractivity contribution in [3.63, 3.8) is 0 Å². The molecular formula is C17H27NO2. The molecule has 3 heteroatoms. The molecule has 1 fully saturated rings. The van der Waals surface area contributed by atoms with Crippen molar-refractivity contribution in [2.24, 2.45) is 0 Å². The normalized spacial score (nSPS) is 17.2. The van der Waals surface area contributed by atoms with E-state index in [1.807, 2.05) is 0 Å². The highest BCUT2D eigenvalue weighted by molar-refractivity contribution is 5.27. The van der Waals surface area contributed by atoms with Gasteiger partial charge in [0.2, 0.25) is 0 Å². The Morgan fingerprint density at radius 3 is 2.35 bits per heavy atom. The predicted molar refractivity (Wildman–Crippen MR) is 82.1 cm³/mol. The molecule has 0 bridgehead atoms. The van der Waals surface area contributed by atoms with Gasteiger partial charge in [-0.15, -0.1) is 0 Å². The molecule has 20 heavy (non-hydrogen) atoms. The SMILES string of the molecule is CCCNC(COC1COC1)c1ccc(C(C)C)cc1. The molecule has 1 N–H and O–H groups in total. The van der Waals surface area contributed by atoms with Crippen LogP contribution in [0.15, 0.2) is 24.3 Å². The lowest BCUT2D eigenvalue weighted by atomic mass is 9.99. The molecule has 0 aromatic heterocycles. The number of ether oxygens (including phenoxy) is 2. The molecule has 1 aliphatic rings. The maximum atomic E-state index is 5.88. The van der Waals surface area contributed by atoms with Gasteiger partial charge in [-0.05, 0) is 30.0 Å². The second-order valence-electron chi connectivity index (χ2n) is 5.82. The zero-order valence-electron chi connectivity index (χ0n) is 12.9. The molecule has 1 aromatic carbocycles. The fourth-order valence-electron chi connectivity index (χ4n) is 2.25. The van der Waals surface area contributed by atoms with Gasteiger partial charge in [0.25, 0.3) is 0 Å². The van der Waals surface area contributed by atoms with Crippen LogP contribution in [0.1, 0.15) is 50.3 Å². The van der Waals surface area contributed by atoms with E-state index in [2.05, 4.69) is 50.4 Å². The second kappa shape index (κ2) is 7.77. The second-order valence-corrected chi connectivity index (χ2v) is 5.82. The highest BCUT2D eigenvalue weighted by atomic mass is 16.6. The van der Waals surface area contributed by atoms with Gasteiger partial charge in [-0.25, -0.2) is 0 Å². The van der Waals surface area contributed by atoms with Crippen LogP contribution >= 0.6 is 0 Å². The Kier molecular flexibility index (Phi) is 6.02. The summed E-state index contributed by atoms with van der Waals surface area (Å²) >= 11 is 0. The van der Waals surface area contributed by atoms with Crippen molar-refractivity contribution in [1.82, 2.24) is 5.32 Å². The maximum Gasteiger partial charge on any atom is 0.104 e. The van der Waals surface area contributed by atoms with E-state index in [4.69, 9.17) is 9.47 Å². The van der Waals surface area contributed by atoms with E-state index < -0.39 is 0 Å². The van der Waals surface area contributed by atoms with E-state index in [1.54, 1.807) is 0 Å². The number of rotatable bonds is 8. The van der Waals surface area contributed by atoms with Crippen LogP contribution in [0, 0.1) is 0 Å². The van der Waals surface area contributed by atoms with Gasteiger partial charge >= 0.3 is 0 Å². The van der Waals surface area contributed by atoms with Crippen LogP contribution in [-0.4, -0.2) is 32.5 Å². The molecule has 0 aliphatic carbocycles. The highest BCUT2D eigenvalue weighted by Gasteiger charge is 2.21. The van der Waals surface area contributed by atoms with E-state index >= 15 is 0 Å². The standard InChI is InChI=1S/C17H27NO2/c1-4-9-18-17(12-20-16-10-19-11-16)15-7-5-14(6-8-15)13(2)3/h5-8,13,16-18H,4,9-12H2,1-3H3. The predicted octanol–water partition coefficient (Wildman–Crippen LogP) is 3.27. The molecule has 1 aromatic rings. The third-order valence-electron chi connectivity index (χ3n) is 3.75. The Hall–Kier alpha value is -0.900. The largest absolute Gasteiger partial charge is 0.376 e. The van der Waals surface area contributed by atoms with Crippen molar-refractivity contribution < 1.29 is 9.47 Å². The summed E-state index contributed by atoms with van der Waals surface area (Å²) in [7, 11) is 0. The summed E-state index contributed by atoms with van der Waals surface area (Å²) in [6, 6.07) is 9.18. The van der Waals surface area contributed by atoms with Crippen molar-refractivity contribution in [3.05, 3.63) is 35.4 Å². The topological polar surface area (TPSA) is 30.5 Å². The molecule has 112 valence electrons. The summed E-state index contributed by atoms with van der Waals surface area (Å²) in [5, 5.41) is 3.57. The van der Waals surface area contributed by atoms with Gasteiger partial charge in [-0.2, -0.15) is 0 Å². The van der Waals surface area contributed by atoms with Gasteiger partial charge in [-0.1, -0.05) is 45.0 Å². The maximum absolute atomic E-state index is 5.88. The molecule has 1 heterocycles. The number of hydrogen-bond donors (Lipinski definition) is 1. The van der Waals surface area contributed by atoms with Gasteiger partial charge in [-0.3, -0.25) is 0 Å². The third-order valence-corrected chi connectivity index (χ3v) is 3.75. The molecule has 0 saturated carbocycles. The summed E-state index contributed by atoms with van der Waals surface area (Å²) in [6.07, 6.45) is 1.42. The zero-order chi connectivity index (χ0) is 14.4. The molecule has 0 radical (unpaired) electrons. The average Bonchev–Trinajstić information content (AvgIpc) is 2.41. The zero-order valence-corrected chi connectivity index (χ0v) is 12.9. The number of benzene rings is 1. The van der Waals surface area contributed by atoms with Gasteiger partial charge in [0.1, 0.15) is 6.10 Å². The number of hydrogen-bond acceptors (Lipinski definition) is 3. The minimum atomic E-state index is 0.275. The highest BCUT2D eigenvalue weighted by Crippen LogP contribution is 2.20. The van der Waals surface area contributed by atoms with E-state index in [9.17, 15) is 0 Å². The molecule has 0 amide bonds. The molecule has 1 saturated heterocycles. The first kappa shape index (κ1) is 15.5. The minimum Gasteiger partial charge on any atom is -0.376 e. The summed E-state index contributed by atoms with van der Waals surface area (Å²) in [5.74, 6) is 0.578. The molecule has 2 rings (SSSR count). The van der Waals surface area contributed by atoms with Crippen molar-refractivity contribution in [2.45, 2.75) is 45.3 Å². The first-order valence-corrected chi connectivity index (χ1v) is 7.73. The first-order valence-electron chi connectivity index (χ1n) is 7.73. The van der Waals surface area contributed by atoms with Crippen LogP contribution in [0.3, 0.4) is 0 Å². The van der Waals surface area contributed by atoms with Crippen LogP contribution in [0.4, 0.5) is 0 Å². The summed E-state index contributed by atoms with van der Waals surface area (Å²) < 4.78 is 11.0. The smallest absolute Gasteiger partial charge is 0.104 e. The van der Waals surface area contributed by atoms with Gasteiger partial charge in [0, 0.05) is 0 Å². The molecular weight excluding hydrogens is 250 g/mol. The lowest BCUT2D eigenvalue weighted by Crippen LogP contribution is -2.38. The Labute approximate surface area is 122 Å². The quantitative estimate of drug-likeness (QED) is 0.791. The minimum absolute atomic E-state index is 0.275. The molecule has 0 spiro atoms. The Morgan fingerprint density at radius 2 is 1.85 bits per heavy atom. The van der Waals surface area contributed by atoms with E-state index in [0.29, 0.717) is 5.92 Å². The van der Waals surface area contributed by atoms with E-state index in [0.717, 1.165) is 32.8 Å². The fraction of sp³-hybridized carbons (Fsp3) is 0.647. The Bertz CT molecular complexity index is 384. The molecule has 1 aliphatic heterocycles. The van der Waals surface area contributed by atoms with E-state index in [-0.39, 0.29) is 12.1 Å². The van der Waals surface area contributed by atoms with E-state index in [1.165, 1.54) is 11.1 Å². The third kappa shape index (κ3) is 4.30. The Morgan fingerprint density at radius 1 is 1.20 bits per heavy atom. The number of nitrogens with one attached hydrogen (secondary N) is 1. The molecule has 3 nitrogen and oxygen atoms in total. The molecule has 1 atom stereocenters. The van der Waals surface area contributed by atoms with Gasteiger partial charge in [0.15, 0.2) is 0 Å². The Balaban J connectivity index is 1.96. The van der Waals surface area contributed by atoms with Crippen molar-refractivity contribution in [3.8, 4) is 0 Å². The first-order chi connectivity index (χ1) is 9.70. The molecule has 1 unspecified atom stereocenters. The summed E-state index contributed by atoms with van der Waals surface area (Å²) in [6.45, 7) is 9.85. The monoisotopic (exact) mass is 277 g/mol.